The van der Waals surface area contributed by atoms with E-state index in [0.717, 1.165) is 12.3 Å². The molecule has 1 aliphatic rings. The number of alkyl halides is 3. The quantitative estimate of drug-likeness (QED) is 0.413. The number of esters is 1. The van der Waals surface area contributed by atoms with E-state index in [1.807, 2.05) is 0 Å². The summed E-state index contributed by atoms with van der Waals surface area (Å²) >= 11 is 6.09. The molecule has 1 N–H and O–H groups in total. The van der Waals surface area contributed by atoms with Crippen molar-refractivity contribution in [3.63, 3.8) is 0 Å². The lowest BCUT2D eigenvalue weighted by atomic mass is 10.0. The third-order valence-electron chi connectivity index (χ3n) is 4.77. The number of ether oxygens (including phenoxy) is 2. The molecule has 0 saturated carbocycles. The Kier molecular flexibility index (Phi) is 6.16. The Balaban J connectivity index is 1.92. The van der Waals surface area contributed by atoms with Crippen LogP contribution in [-0.4, -0.2) is 51.4 Å². The van der Waals surface area contributed by atoms with Crippen molar-refractivity contribution in [2.24, 2.45) is 0 Å². The van der Waals surface area contributed by atoms with Gasteiger partial charge in [0.25, 0.3) is 0 Å². The predicted octanol–water partition coefficient (Wildman–Crippen LogP) is 3.95. The van der Waals surface area contributed by atoms with Crippen molar-refractivity contribution in [3.8, 4) is 22.6 Å². The van der Waals surface area contributed by atoms with Gasteiger partial charge >= 0.3 is 12.1 Å². The van der Waals surface area contributed by atoms with Crippen LogP contribution in [0, 0.1) is 5.82 Å². The zero-order chi connectivity index (χ0) is 23.9. The van der Waals surface area contributed by atoms with Crippen LogP contribution in [0.1, 0.15) is 23.0 Å². The highest BCUT2D eigenvalue weighted by atomic mass is 35.5. The molecular weight excluding hydrogens is 474 g/mol. The van der Waals surface area contributed by atoms with Crippen molar-refractivity contribution in [3.05, 3.63) is 46.5 Å². The first-order chi connectivity index (χ1) is 15.6. The largest absolute Gasteiger partial charge is 0.454 e. The predicted molar refractivity (Wildman–Crippen MR) is 105 cm³/mol. The van der Waals surface area contributed by atoms with Crippen LogP contribution < -0.4 is 0 Å². The average Bonchev–Trinajstić information content (AvgIpc) is 3.28. The Morgan fingerprint density at radius 1 is 1.39 bits per heavy atom. The molecular formula is C20H16ClF4N3O5. The number of rotatable bonds is 6. The molecule has 2 aromatic heterocycles. The fourth-order valence-electron chi connectivity index (χ4n) is 3.29. The molecule has 1 aliphatic heterocycles. The number of aromatic nitrogens is 3. The SMILES string of the molecule is CC(O)Cn1ncc(-c2onc(-c3c(F)cccc3Cl)c2C(=O)OC2COC2)c1C(F)(F)F. The Hall–Kier alpha value is -2.96. The van der Waals surface area contributed by atoms with Crippen LogP contribution in [0.2, 0.25) is 5.02 Å². The monoisotopic (exact) mass is 489 g/mol. The molecule has 13 heteroatoms. The van der Waals surface area contributed by atoms with Gasteiger partial charge in [-0.3, -0.25) is 4.68 Å². The third kappa shape index (κ3) is 4.45. The van der Waals surface area contributed by atoms with E-state index in [1.54, 1.807) is 0 Å². The highest BCUT2D eigenvalue weighted by Gasteiger charge is 2.42. The molecule has 0 amide bonds. The van der Waals surface area contributed by atoms with Gasteiger partial charge in [-0.1, -0.05) is 22.8 Å². The van der Waals surface area contributed by atoms with E-state index in [0.29, 0.717) is 4.68 Å². The summed E-state index contributed by atoms with van der Waals surface area (Å²) in [7, 11) is 0. The Morgan fingerprint density at radius 2 is 2.12 bits per heavy atom. The molecule has 0 aliphatic carbocycles. The van der Waals surface area contributed by atoms with Crippen LogP contribution in [0.3, 0.4) is 0 Å². The van der Waals surface area contributed by atoms with E-state index < -0.39 is 65.0 Å². The van der Waals surface area contributed by atoms with Crippen molar-refractivity contribution >= 4 is 17.6 Å². The van der Waals surface area contributed by atoms with Crippen LogP contribution >= 0.6 is 11.6 Å². The van der Waals surface area contributed by atoms with Crippen molar-refractivity contribution in [2.75, 3.05) is 13.2 Å². The van der Waals surface area contributed by atoms with Gasteiger partial charge < -0.3 is 19.1 Å². The zero-order valence-corrected chi connectivity index (χ0v) is 17.7. The zero-order valence-electron chi connectivity index (χ0n) is 16.9. The van der Waals surface area contributed by atoms with E-state index >= 15 is 0 Å². The number of nitrogens with zero attached hydrogens (tertiary/aromatic N) is 3. The Bertz CT molecular complexity index is 1170. The topological polar surface area (TPSA) is 99.6 Å². The Labute approximate surface area is 188 Å². The number of hydrogen-bond donors (Lipinski definition) is 1. The van der Waals surface area contributed by atoms with Gasteiger partial charge in [0.15, 0.2) is 11.5 Å². The minimum absolute atomic E-state index is 0.0995. The summed E-state index contributed by atoms with van der Waals surface area (Å²) in [5.74, 6) is -2.59. The van der Waals surface area contributed by atoms with Crippen molar-refractivity contribution in [1.82, 2.24) is 14.9 Å². The minimum atomic E-state index is -4.94. The first kappa shape index (κ1) is 23.2. The molecule has 4 rings (SSSR count). The maximum Gasteiger partial charge on any atom is 0.433 e. The maximum absolute atomic E-state index is 14.6. The molecule has 3 heterocycles. The van der Waals surface area contributed by atoms with Gasteiger partial charge in [-0.2, -0.15) is 18.3 Å². The van der Waals surface area contributed by atoms with E-state index in [2.05, 4.69) is 10.3 Å². The second-order valence-corrected chi connectivity index (χ2v) is 7.74. The van der Waals surface area contributed by atoms with Crippen LogP contribution in [0.5, 0.6) is 0 Å². The summed E-state index contributed by atoms with van der Waals surface area (Å²) in [5, 5.41) is 16.8. The van der Waals surface area contributed by atoms with Crippen LogP contribution in [0.25, 0.3) is 22.6 Å². The fraction of sp³-hybridized carbons (Fsp3) is 0.350. The fourth-order valence-corrected chi connectivity index (χ4v) is 3.54. The molecule has 8 nitrogen and oxygen atoms in total. The molecule has 0 radical (unpaired) electrons. The Morgan fingerprint density at radius 3 is 2.70 bits per heavy atom. The van der Waals surface area contributed by atoms with Crippen LogP contribution in [-0.2, 0) is 22.2 Å². The van der Waals surface area contributed by atoms with Gasteiger partial charge in [0, 0.05) is 0 Å². The number of aliphatic hydroxyl groups is 1. The van der Waals surface area contributed by atoms with Crippen LogP contribution in [0.4, 0.5) is 17.6 Å². The van der Waals surface area contributed by atoms with Gasteiger partial charge in [-0.25, -0.2) is 9.18 Å². The second-order valence-electron chi connectivity index (χ2n) is 7.33. The molecule has 3 aromatic rings. The van der Waals surface area contributed by atoms with Gasteiger partial charge in [0.2, 0.25) is 0 Å². The van der Waals surface area contributed by atoms with E-state index in [4.69, 9.17) is 25.6 Å². The highest BCUT2D eigenvalue weighted by molar-refractivity contribution is 6.33. The van der Waals surface area contributed by atoms with E-state index in [9.17, 15) is 27.5 Å². The maximum atomic E-state index is 14.6. The third-order valence-corrected chi connectivity index (χ3v) is 5.08. The molecule has 1 saturated heterocycles. The molecule has 1 atom stereocenters. The molecule has 0 bridgehead atoms. The summed E-state index contributed by atoms with van der Waals surface area (Å²) in [5.41, 5.74) is -3.22. The van der Waals surface area contributed by atoms with Crippen molar-refractivity contribution < 1.29 is 41.5 Å². The number of aliphatic hydroxyl groups excluding tert-OH is 1. The van der Waals surface area contributed by atoms with E-state index in [1.165, 1.54) is 19.1 Å². The number of hydrogen-bond acceptors (Lipinski definition) is 7. The molecule has 1 fully saturated rings. The lowest BCUT2D eigenvalue weighted by Crippen LogP contribution is -2.37. The second kappa shape index (κ2) is 8.76. The van der Waals surface area contributed by atoms with Gasteiger partial charge in [-0.15, -0.1) is 0 Å². The van der Waals surface area contributed by atoms with Crippen molar-refractivity contribution in [1.29, 1.82) is 0 Å². The normalized spacial score (nSPS) is 15.4. The average molecular weight is 490 g/mol. The first-order valence-corrected chi connectivity index (χ1v) is 10.00. The summed E-state index contributed by atoms with van der Waals surface area (Å²) in [4.78, 5) is 13.0. The summed E-state index contributed by atoms with van der Waals surface area (Å²) in [6, 6.07) is 3.69. The minimum Gasteiger partial charge on any atom is -0.454 e. The van der Waals surface area contributed by atoms with Crippen molar-refractivity contribution in [2.45, 2.75) is 31.9 Å². The molecule has 0 spiro atoms. The number of carbonyl (C=O) groups excluding carboxylic acids is 1. The summed E-state index contributed by atoms with van der Waals surface area (Å²) in [6.45, 7) is 1.01. The molecule has 1 unspecified atom stereocenters. The van der Waals surface area contributed by atoms with Gasteiger partial charge in [0.1, 0.15) is 23.2 Å². The number of carbonyl (C=O) groups is 1. The standard InChI is InChI=1S/C20H16ClF4N3O5/c1-9(29)6-28-18(20(23,24)25)11(5-26-28)17-15(19(30)32-10-7-31-8-10)16(27-33-17)14-12(21)3-2-4-13(14)22/h2-5,9-10,29H,6-8H2,1H3. The highest BCUT2D eigenvalue weighted by Crippen LogP contribution is 2.42. The van der Waals surface area contributed by atoms with Crippen LogP contribution in [0.15, 0.2) is 28.9 Å². The first-order valence-electron chi connectivity index (χ1n) is 9.62. The lowest BCUT2D eigenvalue weighted by molar-refractivity contribution is -0.144. The van der Waals surface area contributed by atoms with Gasteiger partial charge in [0.05, 0.1) is 48.2 Å². The smallest absolute Gasteiger partial charge is 0.433 e. The molecule has 176 valence electrons. The lowest BCUT2D eigenvalue weighted by Gasteiger charge is -2.25. The van der Waals surface area contributed by atoms with E-state index in [-0.39, 0.29) is 23.8 Å². The molecule has 33 heavy (non-hydrogen) atoms. The summed E-state index contributed by atoms with van der Waals surface area (Å²) in [6.07, 6.45) is -5.90. The number of halogens is 5. The molecule has 1 aromatic carbocycles. The summed E-state index contributed by atoms with van der Waals surface area (Å²) < 4.78 is 72.2. The number of benzene rings is 1. The van der Waals surface area contributed by atoms with Gasteiger partial charge in [-0.05, 0) is 19.1 Å².